The number of phenolic OH excluding ortho intramolecular Hbond substituents is 2. The monoisotopic (exact) mass is 286 g/mol. The Hall–Kier alpha value is -1.68. The standard InChI is InChI=1S/C12H13ClO4.C2H6/c1-3-4-5-17-12(16)10-7(2)11(13)9(15)6-8(10)14;1-2/h3,6,14-15H,1,4-5H2,2H3;1-2H3. The Morgan fingerprint density at radius 2 is 2.00 bits per heavy atom. The second kappa shape index (κ2) is 8.43. The first-order valence-electron chi connectivity index (χ1n) is 5.98. The van der Waals surface area contributed by atoms with Gasteiger partial charge in [0.05, 0.1) is 11.6 Å². The van der Waals surface area contributed by atoms with Crippen LogP contribution in [-0.2, 0) is 4.74 Å². The van der Waals surface area contributed by atoms with Crippen molar-refractivity contribution < 1.29 is 19.7 Å². The number of benzene rings is 1. The zero-order valence-electron chi connectivity index (χ0n) is 11.4. The highest BCUT2D eigenvalue weighted by molar-refractivity contribution is 6.33. The lowest BCUT2D eigenvalue weighted by Crippen LogP contribution is -2.08. The minimum atomic E-state index is -0.677. The van der Waals surface area contributed by atoms with Gasteiger partial charge in [-0.1, -0.05) is 31.5 Å². The van der Waals surface area contributed by atoms with Crippen molar-refractivity contribution in [3.8, 4) is 11.5 Å². The summed E-state index contributed by atoms with van der Waals surface area (Å²) in [5.74, 6) is -1.30. The normalized spacial score (nSPS) is 9.26. The third-order valence-corrected chi connectivity index (χ3v) is 2.70. The summed E-state index contributed by atoms with van der Waals surface area (Å²) in [6.07, 6.45) is 2.14. The Bertz CT molecular complexity index is 455. The predicted molar refractivity (Wildman–Crippen MR) is 76.0 cm³/mol. The molecule has 0 aliphatic heterocycles. The Morgan fingerprint density at radius 3 is 2.53 bits per heavy atom. The fourth-order valence-corrected chi connectivity index (χ4v) is 1.47. The van der Waals surface area contributed by atoms with Gasteiger partial charge in [0.25, 0.3) is 0 Å². The van der Waals surface area contributed by atoms with E-state index in [2.05, 4.69) is 6.58 Å². The lowest BCUT2D eigenvalue weighted by Gasteiger charge is -2.10. The SMILES string of the molecule is C=CCCOC(=O)c1c(O)cc(O)c(Cl)c1C.CC. The molecule has 0 aliphatic rings. The van der Waals surface area contributed by atoms with Crippen LogP contribution in [0.3, 0.4) is 0 Å². The molecule has 0 fully saturated rings. The zero-order valence-corrected chi connectivity index (χ0v) is 12.1. The second-order valence-corrected chi connectivity index (χ2v) is 3.82. The van der Waals surface area contributed by atoms with E-state index in [1.807, 2.05) is 13.8 Å². The number of ether oxygens (including phenoxy) is 1. The van der Waals surface area contributed by atoms with E-state index in [0.717, 1.165) is 6.07 Å². The average Bonchev–Trinajstić information content (AvgIpc) is 2.39. The smallest absolute Gasteiger partial charge is 0.342 e. The van der Waals surface area contributed by atoms with Crippen LogP contribution in [0.15, 0.2) is 18.7 Å². The third-order valence-electron chi connectivity index (χ3n) is 2.22. The summed E-state index contributed by atoms with van der Waals surface area (Å²) in [5.41, 5.74) is 0.254. The summed E-state index contributed by atoms with van der Waals surface area (Å²) < 4.78 is 4.91. The first-order valence-corrected chi connectivity index (χ1v) is 6.35. The summed E-state index contributed by atoms with van der Waals surface area (Å²) in [4.78, 5) is 11.7. The maximum absolute atomic E-state index is 11.7. The number of hydrogen-bond acceptors (Lipinski definition) is 4. The molecule has 0 aliphatic carbocycles. The van der Waals surface area contributed by atoms with Crippen molar-refractivity contribution in [1.82, 2.24) is 0 Å². The first kappa shape index (κ1) is 17.3. The summed E-state index contributed by atoms with van der Waals surface area (Å²) in [6.45, 7) is 9.20. The van der Waals surface area contributed by atoms with Crippen molar-refractivity contribution in [2.45, 2.75) is 27.2 Å². The van der Waals surface area contributed by atoms with Gasteiger partial charge in [-0.2, -0.15) is 0 Å². The van der Waals surface area contributed by atoms with Crippen LogP contribution in [-0.4, -0.2) is 22.8 Å². The van der Waals surface area contributed by atoms with Crippen LogP contribution in [0.5, 0.6) is 11.5 Å². The molecule has 0 saturated heterocycles. The number of phenols is 2. The molecule has 19 heavy (non-hydrogen) atoms. The maximum Gasteiger partial charge on any atom is 0.342 e. The van der Waals surface area contributed by atoms with Gasteiger partial charge in [-0.25, -0.2) is 4.79 Å². The van der Waals surface area contributed by atoms with E-state index in [4.69, 9.17) is 16.3 Å². The molecular weight excluding hydrogens is 268 g/mol. The van der Waals surface area contributed by atoms with Gasteiger partial charge in [0.15, 0.2) is 0 Å². The quantitative estimate of drug-likeness (QED) is 0.502. The summed E-state index contributed by atoms with van der Waals surface area (Å²) >= 11 is 5.78. The molecule has 0 heterocycles. The van der Waals surface area contributed by atoms with Crippen molar-refractivity contribution >= 4 is 17.6 Å². The fraction of sp³-hybridized carbons (Fsp3) is 0.357. The molecule has 0 atom stereocenters. The Labute approximate surface area is 118 Å². The van der Waals surface area contributed by atoms with Crippen LogP contribution < -0.4 is 0 Å². The van der Waals surface area contributed by atoms with Gasteiger partial charge in [-0.3, -0.25) is 0 Å². The van der Waals surface area contributed by atoms with E-state index in [1.165, 1.54) is 6.92 Å². The molecule has 106 valence electrons. The van der Waals surface area contributed by atoms with Crippen molar-refractivity contribution in [1.29, 1.82) is 0 Å². The van der Waals surface area contributed by atoms with Gasteiger partial charge in [-0.05, 0) is 18.9 Å². The van der Waals surface area contributed by atoms with Crippen LogP contribution in [0.4, 0.5) is 0 Å². The number of hydrogen-bond donors (Lipinski definition) is 2. The summed E-state index contributed by atoms with van der Waals surface area (Å²) in [5, 5.41) is 19.0. The summed E-state index contributed by atoms with van der Waals surface area (Å²) in [6, 6.07) is 1.01. The highest BCUT2D eigenvalue weighted by atomic mass is 35.5. The molecule has 0 bridgehead atoms. The van der Waals surface area contributed by atoms with Crippen molar-refractivity contribution in [3.63, 3.8) is 0 Å². The Balaban J connectivity index is 0.00000154. The van der Waals surface area contributed by atoms with Gasteiger partial charge in [0.1, 0.15) is 17.1 Å². The molecule has 1 rings (SSSR count). The molecule has 1 aromatic rings. The van der Waals surface area contributed by atoms with Gasteiger partial charge in [0.2, 0.25) is 0 Å². The lowest BCUT2D eigenvalue weighted by atomic mass is 10.1. The topological polar surface area (TPSA) is 66.8 Å². The van der Waals surface area contributed by atoms with E-state index < -0.39 is 5.97 Å². The molecule has 0 radical (unpaired) electrons. The Morgan fingerprint density at radius 1 is 1.42 bits per heavy atom. The fourth-order valence-electron chi connectivity index (χ4n) is 1.32. The first-order chi connectivity index (χ1) is 8.99. The molecule has 1 aromatic carbocycles. The van der Waals surface area contributed by atoms with Crippen molar-refractivity contribution in [2.75, 3.05) is 6.61 Å². The summed E-state index contributed by atoms with van der Waals surface area (Å²) in [7, 11) is 0. The van der Waals surface area contributed by atoms with Crippen molar-refractivity contribution in [3.05, 3.63) is 34.9 Å². The molecule has 2 N–H and O–H groups in total. The zero-order chi connectivity index (χ0) is 15.0. The van der Waals surface area contributed by atoms with Gasteiger partial charge < -0.3 is 14.9 Å². The highest BCUT2D eigenvalue weighted by Gasteiger charge is 2.20. The van der Waals surface area contributed by atoms with E-state index in [9.17, 15) is 15.0 Å². The molecule has 0 spiro atoms. The van der Waals surface area contributed by atoms with Crippen LogP contribution in [0, 0.1) is 6.92 Å². The minimum absolute atomic E-state index is 0.0264. The van der Waals surface area contributed by atoms with Crippen LogP contribution >= 0.6 is 11.6 Å². The largest absolute Gasteiger partial charge is 0.507 e. The molecule has 0 aromatic heterocycles. The number of carbonyl (C=O) groups is 1. The second-order valence-electron chi connectivity index (χ2n) is 3.44. The average molecular weight is 287 g/mol. The number of aromatic hydroxyl groups is 2. The lowest BCUT2D eigenvalue weighted by molar-refractivity contribution is 0.0507. The predicted octanol–water partition coefficient (Wildman–Crippen LogP) is 3.82. The molecule has 5 heteroatoms. The molecule has 0 amide bonds. The third kappa shape index (κ3) is 4.48. The van der Waals surface area contributed by atoms with Gasteiger partial charge in [0, 0.05) is 6.07 Å². The molecule has 0 unspecified atom stereocenters. The molecular formula is C14H19ClO4. The van der Waals surface area contributed by atoms with Gasteiger partial charge >= 0.3 is 5.97 Å². The molecule has 0 saturated carbocycles. The van der Waals surface area contributed by atoms with E-state index in [1.54, 1.807) is 6.08 Å². The number of carbonyl (C=O) groups excluding carboxylic acids is 1. The van der Waals surface area contributed by atoms with E-state index in [0.29, 0.717) is 6.42 Å². The maximum atomic E-state index is 11.7. The number of esters is 1. The molecule has 4 nitrogen and oxygen atoms in total. The number of halogens is 1. The van der Waals surface area contributed by atoms with Crippen LogP contribution in [0.2, 0.25) is 5.02 Å². The Kier molecular flexibility index (Phi) is 7.68. The van der Waals surface area contributed by atoms with Crippen molar-refractivity contribution in [2.24, 2.45) is 0 Å². The van der Waals surface area contributed by atoms with Crippen LogP contribution in [0.1, 0.15) is 36.2 Å². The number of rotatable bonds is 4. The van der Waals surface area contributed by atoms with E-state index >= 15 is 0 Å². The van der Waals surface area contributed by atoms with Crippen LogP contribution in [0.25, 0.3) is 0 Å². The van der Waals surface area contributed by atoms with Gasteiger partial charge in [-0.15, -0.1) is 6.58 Å². The minimum Gasteiger partial charge on any atom is -0.507 e. The van der Waals surface area contributed by atoms with E-state index in [-0.39, 0.29) is 34.3 Å². The highest BCUT2D eigenvalue weighted by Crippen LogP contribution is 2.35.